The first-order chi connectivity index (χ1) is 9.99. The normalized spacial score (nSPS) is 11.6. The second-order valence-electron chi connectivity index (χ2n) is 6.48. The molecule has 1 aromatic heterocycles. The van der Waals surface area contributed by atoms with E-state index in [0.29, 0.717) is 6.54 Å². The van der Waals surface area contributed by atoms with E-state index in [1.807, 2.05) is 10.9 Å². The van der Waals surface area contributed by atoms with E-state index in [1.165, 1.54) is 18.4 Å². The maximum atomic E-state index is 4.21. The van der Waals surface area contributed by atoms with Crippen molar-refractivity contribution in [3.8, 4) is 0 Å². The van der Waals surface area contributed by atoms with Gasteiger partial charge in [-0.2, -0.15) is 0 Å². The number of aromatic nitrogens is 3. The molecule has 114 valence electrons. The summed E-state index contributed by atoms with van der Waals surface area (Å²) in [6.45, 7) is 9.28. The quantitative estimate of drug-likeness (QED) is 0.873. The highest BCUT2D eigenvalue weighted by Gasteiger charge is 2.14. The van der Waals surface area contributed by atoms with Gasteiger partial charge < -0.3 is 5.32 Å². The molecule has 1 heterocycles. The third-order valence-corrected chi connectivity index (χ3v) is 3.47. The van der Waals surface area contributed by atoms with Gasteiger partial charge in [0.05, 0.1) is 18.3 Å². The number of rotatable bonds is 6. The van der Waals surface area contributed by atoms with Crippen molar-refractivity contribution in [3.05, 3.63) is 41.7 Å². The van der Waals surface area contributed by atoms with Crippen molar-refractivity contribution in [3.63, 3.8) is 0 Å². The molecule has 2 rings (SSSR count). The van der Waals surface area contributed by atoms with Crippen molar-refractivity contribution < 1.29 is 0 Å². The van der Waals surface area contributed by atoms with Gasteiger partial charge in [-0.15, -0.1) is 5.10 Å². The molecule has 0 amide bonds. The maximum Gasteiger partial charge on any atom is 0.102 e. The zero-order valence-electron chi connectivity index (χ0n) is 13.6. The van der Waals surface area contributed by atoms with Gasteiger partial charge in [-0.1, -0.05) is 30.7 Å². The zero-order chi connectivity index (χ0) is 15.3. The number of nitrogens with zero attached hydrogens (tertiary/aromatic N) is 3. The van der Waals surface area contributed by atoms with Crippen LogP contribution in [0.25, 0.3) is 0 Å². The fourth-order valence-corrected chi connectivity index (χ4v) is 2.07. The van der Waals surface area contributed by atoms with Crippen LogP contribution in [0.1, 0.15) is 51.8 Å². The van der Waals surface area contributed by atoms with E-state index in [-0.39, 0.29) is 5.54 Å². The van der Waals surface area contributed by atoms with Gasteiger partial charge in [0.2, 0.25) is 0 Å². The van der Waals surface area contributed by atoms with E-state index in [1.54, 1.807) is 0 Å². The van der Waals surface area contributed by atoms with Crippen LogP contribution in [-0.4, -0.2) is 15.0 Å². The van der Waals surface area contributed by atoms with Crippen LogP contribution in [0, 0.1) is 0 Å². The first-order valence-electron chi connectivity index (χ1n) is 7.73. The third kappa shape index (κ3) is 4.59. The molecule has 2 aromatic rings. The predicted octanol–water partition coefficient (Wildman–Crippen LogP) is 3.99. The SMILES string of the molecule is CCCCc1ccc(NCc2cn(C(C)(C)C)nn2)cc1. The molecule has 0 radical (unpaired) electrons. The highest BCUT2D eigenvalue weighted by atomic mass is 15.4. The lowest BCUT2D eigenvalue weighted by Gasteiger charge is -2.17. The number of hydrogen-bond acceptors (Lipinski definition) is 3. The summed E-state index contributed by atoms with van der Waals surface area (Å²) >= 11 is 0. The van der Waals surface area contributed by atoms with Crippen LogP contribution in [-0.2, 0) is 18.5 Å². The Morgan fingerprint density at radius 2 is 1.86 bits per heavy atom. The summed E-state index contributed by atoms with van der Waals surface area (Å²) in [5.74, 6) is 0. The standard InChI is InChI=1S/C17H26N4/c1-5-6-7-14-8-10-15(11-9-14)18-12-16-13-21(20-19-16)17(2,3)4/h8-11,13,18H,5-7,12H2,1-4H3. The summed E-state index contributed by atoms with van der Waals surface area (Å²) in [6.07, 6.45) is 5.66. The number of aryl methyl sites for hydroxylation is 1. The Balaban J connectivity index is 1.89. The lowest BCUT2D eigenvalue weighted by atomic mass is 10.1. The number of anilines is 1. The van der Waals surface area contributed by atoms with Crippen LogP contribution in [0.15, 0.2) is 30.5 Å². The Morgan fingerprint density at radius 1 is 1.14 bits per heavy atom. The van der Waals surface area contributed by atoms with E-state index in [4.69, 9.17) is 0 Å². The van der Waals surface area contributed by atoms with Crippen LogP contribution >= 0.6 is 0 Å². The molecule has 0 saturated heterocycles. The highest BCUT2D eigenvalue weighted by molar-refractivity contribution is 5.44. The molecule has 0 unspecified atom stereocenters. The predicted molar refractivity (Wildman–Crippen MR) is 87.4 cm³/mol. The minimum absolute atomic E-state index is 0.0217. The van der Waals surface area contributed by atoms with Gasteiger partial charge in [0.15, 0.2) is 0 Å². The minimum Gasteiger partial charge on any atom is -0.379 e. The van der Waals surface area contributed by atoms with Gasteiger partial charge in [0, 0.05) is 5.69 Å². The molecule has 21 heavy (non-hydrogen) atoms. The second kappa shape index (κ2) is 6.74. The maximum absolute atomic E-state index is 4.21. The van der Waals surface area contributed by atoms with Crippen molar-refractivity contribution in [2.24, 2.45) is 0 Å². The van der Waals surface area contributed by atoms with E-state index in [9.17, 15) is 0 Å². The van der Waals surface area contributed by atoms with Crippen molar-refractivity contribution in [1.29, 1.82) is 0 Å². The number of hydrogen-bond donors (Lipinski definition) is 1. The largest absolute Gasteiger partial charge is 0.379 e. The van der Waals surface area contributed by atoms with Crippen molar-refractivity contribution in [2.45, 2.75) is 59.0 Å². The van der Waals surface area contributed by atoms with Crippen molar-refractivity contribution >= 4 is 5.69 Å². The molecular weight excluding hydrogens is 260 g/mol. The molecule has 0 aliphatic heterocycles. The molecule has 0 aliphatic rings. The van der Waals surface area contributed by atoms with Crippen LogP contribution < -0.4 is 5.32 Å². The topological polar surface area (TPSA) is 42.7 Å². The summed E-state index contributed by atoms with van der Waals surface area (Å²) < 4.78 is 1.90. The highest BCUT2D eigenvalue weighted by Crippen LogP contribution is 2.14. The van der Waals surface area contributed by atoms with Gasteiger partial charge in [-0.05, 0) is 51.3 Å². The Bertz CT molecular complexity index is 549. The molecule has 0 atom stereocenters. The molecule has 1 aromatic carbocycles. The Kier molecular flexibility index (Phi) is 4.99. The summed E-state index contributed by atoms with van der Waals surface area (Å²) in [6, 6.07) is 8.67. The fraction of sp³-hybridized carbons (Fsp3) is 0.529. The summed E-state index contributed by atoms with van der Waals surface area (Å²) in [7, 11) is 0. The van der Waals surface area contributed by atoms with Gasteiger partial charge >= 0.3 is 0 Å². The minimum atomic E-state index is -0.0217. The molecule has 0 aliphatic carbocycles. The lowest BCUT2D eigenvalue weighted by Crippen LogP contribution is -2.22. The van der Waals surface area contributed by atoms with Gasteiger partial charge in [-0.3, -0.25) is 0 Å². The van der Waals surface area contributed by atoms with E-state index >= 15 is 0 Å². The summed E-state index contributed by atoms with van der Waals surface area (Å²) in [4.78, 5) is 0. The van der Waals surface area contributed by atoms with Crippen LogP contribution in [0.4, 0.5) is 5.69 Å². The first-order valence-corrected chi connectivity index (χ1v) is 7.73. The zero-order valence-corrected chi connectivity index (χ0v) is 13.6. The van der Waals surface area contributed by atoms with Crippen LogP contribution in [0.2, 0.25) is 0 Å². The second-order valence-corrected chi connectivity index (χ2v) is 6.48. The smallest absolute Gasteiger partial charge is 0.102 e. The average molecular weight is 286 g/mol. The molecule has 4 heteroatoms. The number of benzene rings is 1. The molecular formula is C17H26N4. The molecule has 0 saturated carbocycles. The molecule has 1 N–H and O–H groups in total. The van der Waals surface area contributed by atoms with E-state index < -0.39 is 0 Å². The monoisotopic (exact) mass is 286 g/mol. The number of unbranched alkanes of at least 4 members (excludes halogenated alkanes) is 1. The Hall–Kier alpha value is -1.84. The van der Waals surface area contributed by atoms with Crippen molar-refractivity contribution in [2.75, 3.05) is 5.32 Å². The summed E-state index contributed by atoms with van der Waals surface area (Å²) in [5.41, 5.74) is 3.47. The van der Waals surface area contributed by atoms with E-state index in [0.717, 1.165) is 17.8 Å². The first kappa shape index (κ1) is 15.5. The van der Waals surface area contributed by atoms with Crippen LogP contribution in [0.3, 0.4) is 0 Å². The molecule has 0 bridgehead atoms. The number of nitrogens with one attached hydrogen (secondary N) is 1. The molecule has 0 fully saturated rings. The Labute approximate surface area is 127 Å². The molecule has 4 nitrogen and oxygen atoms in total. The average Bonchev–Trinajstić information content (AvgIpc) is 2.93. The van der Waals surface area contributed by atoms with Crippen LogP contribution in [0.5, 0.6) is 0 Å². The summed E-state index contributed by atoms with van der Waals surface area (Å²) in [5, 5.41) is 11.8. The van der Waals surface area contributed by atoms with Crippen molar-refractivity contribution in [1.82, 2.24) is 15.0 Å². The van der Waals surface area contributed by atoms with Gasteiger partial charge in [0.1, 0.15) is 5.69 Å². The van der Waals surface area contributed by atoms with E-state index in [2.05, 4.69) is 67.6 Å². The van der Waals surface area contributed by atoms with Gasteiger partial charge in [-0.25, -0.2) is 4.68 Å². The van der Waals surface area contributed by atoms with Gasteiger partial charge in [0.25, 0.3) is 0 Å². The lowest BCUT2D eigenvalue weighted by molar-refractivity contribution is 0.347. The Morgan fingerprint density at radius 3 is 2.43 bits per heavy atom. The fourth-order valence-electron chi connectivity index (χ4n) is 2.07. The third-order valence-electron chi connectivity index (χ3n) is 3.47. The molecule has 0 spiro atoms.